The Labute approximate surface area is 106 Å². The molecule has 0 spiro atoms. The maximum Gasteiger partial charge on any atom is 0.161 e. The van der Waals surface area contributed by atoms with Gasteiger partial charge in [-0.3, -0.25) is 0 Å². The van der Waals surface area contributed by atoms with Gasteiger partial charge < -0.3 is 0 Å². The predicted octanol–water partition coefficient (Wildman–Crippen LogP) is 2.39. The summed E-state index contributed by atoms with van der Waals surface area (Å²) in [6.07, 6.45) is 10.2. The van der Waals surface area contributed by atoms with E-state index in [-0.39, 0.29) is 0 Å². The van der Waals surface area contributed by atoms with Crippen LogP contribution in [0.2, 0.25) is 0 Å². The van der Waals surface area contributed by atoms with E-state index in [9.17, 15) is 0 Å². The summed E-state index contributed by atoms with van der Waals surface area (Å²) < 4.78 is 0. The second-order valence-electron chi connectivity index (χ2n) is 3.75. The van der Waals surface area contributed by atoms with E-state index in [4.69, 9.17) is 0 Å². The first kappa shape index (κ1) is 12.1. The summed E-state index contributed by atoms with van der Waals surface area (Å²) in [6.45, 7) is 7.49. The normalized spacial score (nSPS) is 10.0. The second-order valence-corrected chi connectivity index (χ2v) is 3.75. The fourth-order valence-electron chi connectivity index (χ4n) is 1.76. The minimum absolute atomic E-state index is 0.644. The quantitative estimate of drug-likeness (QED) is 0.750. The Balaban J connectivity index is 2.59. The second kappa shape index (κ2) is 5.82. The van der Waals surface area contributed by atoms with Crippen LogP contribution in [0.1, 0.15) is 11.3 Å². The molecule has 2 aromatic rings. The van der Waals surface area contributed by atoms with Crippen LogP contribution < -0.4 is 0 Å². The number of rotatable bonds is 5. The average Bonchev–Trinajstić information content (AvgIpc) is 2.41. The molecule has 0 N–H and O–H groups in total. The molecule has 4 heteroatoms. The van der Waals surface area contributed by atoms with Gasteiger partial charge in [-0.15, -0.1) is 13.2 Å². The lowest BCUT2D eigenvalue weighted by molar-refractivity contribution is 0.925. The molecule has 2 heterocycles. The minimum Gasteiger partial charge on any atom is -0.237 e. The molecule has 0 bridgehead atoms. The number of hydrogen-bond acceptors (Lipinski definition) is 4. The highest BCUT2D eigenvalue weighted by Crippen LogP contribution is 2.23. The lowest BCUT2D eigenvalue weighted by atomic mass is 10.0. The van der Waals surface area contributed by atoms with E-state index in [1.54, 1.807) is 30.7 Å². The lowest BCUT2D eigenvalue weighted by Gasteiger charge is -2.09. The molecule has 18 heavy (non-hydrogen) atoms. The van der Waals surface area contributed by atoms with Gasteiger partial charge in [-0.1, -0.05) is 12.2 Å². The molecule has 0 aromatic carbocycles. The molecule has 0 atom stereocenters. The summed E-state index contributed by atoms with van der Waals surface area (Å²) in [5.41, 5.74) is 2.81. The molecule has 90 valence electrons. The van der Waals surface area contributed by atoms with Crippen molar-refractivity contribution in [3.05, 3.63) is 61.2 Å². The number of nitrogens with zero attached hydrogens (tertiary/aromatic N) is 4. The van der Waals surface area contributed by atoms with Gasteiger partial charge in [0.05, 0.1) is 11.9 Å². The van der Waals surface area contributed by atoms with E-state index < -0.39 is 0 Å². The van der Waals surface area contributed by atoms with Crippen molar-refractivity contribution in [2.24, 2.45) is 0 Å². The third-order valence-corrected chi connectivity index (χ3v) is 2.49. The number of allylic oxidation sites excluding steroid dienone is 2. The van der Waals surface area contributed by atoms with Crippen molar-refractivity contribution >= 4 is 0 Å². The Morgan fingerprint density at radius 1 is 1.06 bits per heavy atom. The van der Waals surface area contributed by atoms with Gasteiger partial charge in [-0.05, 0) is 18.1 Å². The molecule has 0 saturated carbocycles. The molecule has 0 aliphatic heterocycles. The van der Waals surface area contributed by atoms with E-state index in [1.807, 2.05) is 6.08 Å². The Kier molecular flexibility index (Phi) is 3.91. The zero-order valence-electron chi connectivity index (χ0n) is 10.1. The highest BCUT2D eigenvalue weighted by molar-refractivity contribution is 5.62. The molecular formula is C14H14N4. The molecule has 2 aromatic heterocycles. The van der Waals surface area contributed by atoms with Crippen LogP contribution in [-0.2, 0) is 12.8 Å². The van der Waals surface area contributed by atoms with Crippen molar-refractivity contribution in [1.82, 2.24) is 20.2 Å². The van der Waals surface area contributed by atoms with Crippen LogP contribution in [0.25, 0.3) is 11.4 Å². The van der Waals surface area contributed by atoms with Crippen LogP contribution in [0.3, 0.4) is 0 Å². The first-order valence-corrected chi connectivity index (χ1v) is 5.69. The molecular weight excluding hydrogens is 224 g/mol. The van der Waals surface area contributed by atoms with E-state index in [0.29, 0.717) is 18.7 Å². The predicted molar refractivity (Wildman–Crippen MR) is 70.9 cm³/mol. The fraction of sp³-hybridized carbons (Fsp3) is 0.143. The van der Waals surface area contributed by atoms with E-state index >= 15 is 0 Å². The molecule has 0 aliphatic carbocycles. The molecule has 0 unspecified atom stereocenters. The van der Waals surface area contributed by atoms with Gasteiger partial charge in [-0.2, -0.15) is 10.2 Å². The van der Waals surface area contributed by atoms with Crippen molar-refractivity contribution in [2.45, 2.75) is 12.8 Å². The van der Waals surface area contributed by atoms with Crippen LogP contribution in [0.15, 0.2) is 50.0 Å². The maximum absolute atomic E-state index is 4.29. The Morgan fingerprint density at radius 3 is 2.44 bits per heavy atom. The van der Waals surface area contributed by atoms with Crippen molar-refractivity contribution in [3.8, 4) is 11.4 Å². The summed E-state index contributed by atoms with van der Waals surface area (Å²) in [6, 6.07) is 1.79. The fourth-order valence-corrected chi connectivity index (χ4v) is 1.76. The topological polar surface area (TPSA) is 51.6 Å². The number of hydrogen-bond donors (Lipinski definition) is 0. The van der Waals surface area contributed by atoms with E-state index in [1.165, 1.54) is 0 Å². The van der Waals surface area contributed by atoms with Gasteiger partial charge in [0.15, 0.2) is 5.82 Å². The average molecular weight is 238 g/mol. The van der Waals surface area contributed by atoms with Crippen LogP contribution in [-0.4, -0.2) is 20.2 Å². The van der Waals surface area contributed by atoms with Gasteiger partial charge in [-0.25, -0.2) is 9.97 Å². The van der Waals surface area contributed by atoms with Gasteiger partial charge in [0.2, 0.25) is 0 Å². The van der Waals surface area contributed by atoms with Crippen LogP contribution >= 0.6 is 0 Å². The largest absolute Gasteiger partial charge is 0.237 e. The van der Waals surface area contributed by atoms with Crippen molar-refractivity contribution in [3.63, 3.8) is 0 Å². The van der Waals surface area contributed by atoms with Crippen LogP contribution in [0.5, 0.6) is 0 Å². The van der Waals surface area contributed by atoms with Crippen LogP contribution in [0, 0.1) is 0 Å². The van der Waals surface area contributed by atoms with Gasteiger partial charge >= 0.3 is 0 Å². The SMILES string of the molecule is C=CCc1cnnc(CC=C)c1-c1ncccn1. The summed E-state index contributed by atoms with van der Waals surface area (Å²) in [5.74, 6) is 0.668. The smallest absolute Gasteiger partial charge is 0.161 e. The summed E-state index contributed by atoms with van der Waals surface area (Å²) in [7, 11) is 0. The van der Waals surface area contributed by atoms with Gasteiger partial charge in [0.1, 0.15) is 0 Å². The first-order valence-electron chi connectivity index (χ1n) is 5.69. The molecule has 0 radical (unpaired) electrons. The van der Waals surface area contributed by atoms with Crippen molar-refractivity contribution in [2.75, 3.05) is 0 Å². The first-order chi connectivity index (χ1) is 8.86. The van der Waals surface area contributed by atoms with Crippen LogP contribution in [0.4, 0.5) is 0 Å². The standard InChI is InChI=1S/C14H14N4/c1-3-6-11-10-17-18-12(7-4-2)13(11)14-15-8-5-9-16-14/h3-5,8-10H,1-2,6-7H2. The monoisotopic (exact) mass is 238 g/mol. The highest BCUT2D eigenvalue weighted by atomic mass is 15.1. The zero-order chi connectivity index (χ0) is 12.8. The highest BCUT2D eigenvalue weighted by Gasteiger charge is 2.13. The lowest BCUT2D eigenvalue weighted by Crippen LogP contribution is -2.03. The molecule has 0 saturated heterocycles. The van der Waals surface area contributed by atoms with E-state index in [0.717, 1.165) is 16.8 Å². The van der Waals surface area contributed by atoms with Gasteiger partial charge in [0.25, 0.3) is 0 Å². The summed E-state index contributed by atoms with van der Waals surface area (Å²) >= 11 is 0. The Morgan fingerprint density at radius 2 is 1.78 bits per heavy atom. The molecule has 4 nitrogen and oxygen atoms in total. The molecule has 2 rings (SSSR count). The third-order valence-electron chi connectivity index (χ3n) is 2.49. The summed E-state index contributed by atoms with van der Waals surface area (Å²) in [4.78, 5) is 8.57. The molecule has 0 aliphatic rings. The molecule has 0 fully saturated rings. The third kappa shape index (κ3) is 2.48. The minimum atomic E-state index is 0.644. The molecule has 0 amide bonds. The zero-order valence-corrected chi connectivity index (χ0v) is 10.1. The number of aromatic nitrogens is 4. The Hall–Kier alpha value is -2.36. The summed E-state index contributed by atoms with van der Waals surface area (Å²) in [5, 5.41) is 8.16. The van der Waals surface area contributed by atoms with Gasteiger partial charge in [0, 0.05) is 24.4 Å². The Bertz CT molecular complexity index is 521. The van der Waals surface area contributed by atoms with Crippen molar-refractivity contribution < 1.29 is 0 Å². The maximum atomic E-state index is 4.29. The van der Waals surface area contributed by atoms with Crippen molar-refractivity contribution in [1.29, 1.82) is 0 Å². The van der Waals surface area contributed by atoms with E-state index in [2.05, 4.69) is 33.3 Å².